The van der Waals surface area contributed by atoms with E-state index in [0.29, 0.717) is 18.7 Å². The lowest BCUT2D eigenvalue weighted by Gasteiger charge is -2.36. The standard InChI is InChI=1S/C29H35N7O2/c1-20-16-21(8-9-22(20)18-32(2)29(38)35-14-12-34(13-15-35)24-10-11-24)28(37)36-19-23-17-30-33(3)27(23)31-25-6-4-5-7-26(25)36/h4-9,16-17,24,31H,10-15,18-19H2,1-3H3. The highest BCUT2D eigenvalue weighted by Crippen LogP contribution is 2.36. The molecule has 9 heteroatoms. The Morgan fingerprint density at radius 2 is 1.84 bits per heavy atom. The average Bonchev–Trinajstić information content (AvgIpc) is 3.75. The number of rotatable bonds is 4. The lowest BCUT2D eigenvalue weighted by Crippen LogP contribution is -2.52. The molecule has 2 fully saturated rings. The van der Waals surface area contributed by atoms with Crippen molar-refractivity contribution < 1.29 is 9.59 Å². The number of hydrogen-bond acceptors (Lipinski definition) is 5. The number of nitrogens with one attached hydrogen (secondary N) is 1. The smallest absolute Gasteiger partial charge is 0.320 e. The molecule has 0 unspecified atom stereocenters. The zero-order valence-corrected chi connectivity index (χ0v) is 22.4. The van der Waals surface area contributed by atoms with Gasteiger partial charge in [0.25, 0.3) is 5.91 Å². The molecule has 2 aliphatic heterocycles. The quantitative estimate of drug-likeness (QED) is 0.572. The Morgan fingerprint density at radius 3 is 2.58 bits per heavy atom. The Bertz CT molecular complexity index is 1370. The molecule has 6 rings (SSSR count). The number of carbonyl (C=O) groups excluding carboxylic acids is 2. The van der Waals surface area contributed by atoms with Gasteiger partial charge in [-0.3, -0.25) is 14.4 Å². The predicted molar refractivity (Wildman–Crippen MR) is 148 cm³/mol. The summed E-state index contributed by atoms with van der Waals surface area (Å²) in [5.41, 5.74) is 5.33. The number of urea groups is 1. The van der Waals surface area contributed by atoms with Crippen molar-refractivity contribution in [3.05, 3.63) is 70.9 Å². The molecule has 1 saturated carbocycles. The van der Waals surface area contributed by atoms with Crippen LogP contribution in [0.25, 0.3) is 0 Å². The van der Waals surface area contributed by atoms with Crippen LogP contribution >= 0.6 is 0 Å². The summed E-state index contributed by atoms with van der Waals surface area (Å²) < 4.78 is 1.80. The lowest BCUT2D eigenvalue weighted by atomic mass is 10.0. The number of anilines is 3. The molecule has 1 aliphatic carbocycles. The summed E-state index contributed by atoms with van der Waals surface area (Å²) in [6.07, 6.45) is 4.41. The van der Waals surface area contributed by atoms with Gasteiger partial charge in [0.1, 0.15) is 5.82 Å². The van der Waals surface area contributed by atoms with Gasteiger partial charge in [0.05, 0.1) is 24.1 Å². The number of fused-ring (bicyclic) bond motifs is 2. The van der Waals surface area contributed by atoms with Crippen LogP contribution in [0.1, 0.15) is 39.9 Å². The largest absolute Gasteiger partial charge is 0.338 e. The van der Waals surface area contributed by atoms with E-state index in [-0.39, 0.29) is 11.9 Å². The third-order valence-electron chi connectivity index (χ3n) is 8.01. The van der Waals surface area contributed by atoms with Crippen LogP contribution in [0, 0.1) is 6.92 Å². The highest BCUT2D eigenvalue weighted by molar-refractivity contribution is 6.08. The van der Waals surface area contributed by atoms with Gasteiger partial charge in [-0.2, -0.15) is 5.10 Å². The number of para-hydroxylation sites is 2. The maximum absolute atomic E-state index is 13.8. The van der Waals surface area contributed by atoms with E-state index in [1.165, 1.54) is 12.8 Å². The van der Waals surface area contributed by atoms with E-state index >= 15 is 0 Å². The third-order valence-corrected chi connectivity index (χ3v) is 8.01. The molecule has 2 aromatic carbocycles. The number of nitrogens with zero attached hydrogens (tertiary/aromatic N) is 6. The van der Waals surface area contributed by atoms with Gasteiger partial charge in [-0.25, -0.2) is 4.79 Å². The summed E-state index contributed by atoms with van der Waals surface area (Å²) in [5, 5.41) is 7.81. The second-order valence-corrected chi connectivity index (χ2v) is 10.7. The number of piperazine rings is 1. The minimum absolute atomic E-state index is 0.0661. The first-order valence-corrected chi connectivity index (χ1v) is 13.4. The second-order valence-electron chi connectivity index (χ2n) is 10.7. The average molecular weight is 514 g/mol. The topological polar surface area (TPSA) is 76.9 Å². The number of aryl methyl sites for hydroxylation is 2. The summed E-state index contributed by atoms with van der Waals surface area (Å²) >= 11 is 0. The Morgan fingerprint density at radius 1 is 1.08 bits per heavy atom. The number of amides is 3. The van der Waals surface area contributed by atoms with Gasteiger partial charge in [-0.15, -0.1) is 0 Å². The fourth-order valence-electron chi connectivity index (χ4n) is 5.58. The van der Waals surface area contributed by atoms with E-state index < -0.39 is 0 Å². The van der Waals surface area contributed by atoms with Crippen LogP contribution in [-0.4, -0.2) is 75.7 Å². The van der Waals surface area contributed by atoms with Gasteiger partial charge >= 0.3 is 6.03 Å². The first-order valence-electron chi connectivity index (χ1n) is 13.4. The Labute approximate surface area is 223 Å². The number of carbonyl (C=O) groups is 2. The van der Waals surface area contributed by atoms with Crippen molar-refractivity contribution in [1.29, 1.82) is 0 Å². The minimum Gasteiger partial charge on any atom is -0.338 e. The first-order chi connectivity index (χ1) is 18.4. The van der Waals surface area contributed by atoms with Crippen molar-refractivity contribution in [1.82, 2.24) is 24.5 Å². The predicted octanol–water partition coefficient (Wildman–Crippen LogP) is 3.96. The molecule has 1 aromatic heterocycles. The van der Waals surface area contributed by atoms with Crippen molar-refractivity contribution >= 4 is 29.1 Å². The highest BCUT2D eigenvalue weighted by Gasteiger charge is 2.33. The molecule has 1 N–H and O–H groups in total. The molecule has 3 aliphatic rings. The van der Waals surface area contributed by atoms with Crippen LogP contribution in [0.3, 0.4) is 0 Å². The molecule has 1 saturated heterocycles. The molecule has 198 valence electrons. The van der Waals surface area contributed by atoms with E-state index in [4.69, 9.17) is 0 Å². The fourth-order valence-corrected chi connectivity index (χ4v) is 5.58. The molecule has 0 radical (unpaired) electrons. The third kappa shape index (κ3) is 4.62. The highest BCUT2D eigenvalue weighted by atomic mass is 16.2. The van der Waals surface area contributed by atoms with Crippen LogP contribution < -0.4 is 10.2 Å². The molecule has 0 atom stereocenters. The van der Waals surface area contributed by atoms with E-state index in [9.17, 15) is 9.59 Å². The van der Waals surface area contributed by atoms with Gasteiger partial charge in [-0.1, -0.05) is 18.2 Å². The van der Waals surface area contributed by atoms with Crippen LogP contribution in [0.5, 0.6) is 0 Å². The molecule has 0 bridgehead atoms. The normalized spacial score (nSPS) is 17.3. The molecule has 3 amide bonds. The second kappa shape index (κ2) is 9.79. The Balaban J connectivity index is 1.16. The van der Waals surface area contributed by atoms with Gasteiger partial charge in [0, 0.05) is 64.0 Å². The van der Waals surface area contributed by atoms with Gasteiger partial charge in [-0.05, 0) is 55.2 Å². The summed E-state index contributed by atoms with van der Waals surface area (Å²) in [6, 6.07) is 14.5. The fraction of sp³-hybridized carbons (Fsp3) is 0.414. The molecule has 38 heavy (non-hydrogen) atoms. The Hall–Kier alpha value is -3.85. The molecule has 3 heterocycles. The summed E-state index contributed by atoms with van der Waals surface area (Å²) in [4.78, 5) is 35.0. The summed E-state index contributed by atoms with van der Waals surface area (Å²) in [5.74, 6) is 0.824. The maximum atomic E-state index is 13.8. The monoisotopic (exact) mass is 513 g/mol. The van der Waals surface area contributed by atoms with E-state index in [1.807, 2.05) is 74.6 Å². The number of benzene rings is 2. The zero-order valence-electron chi connectivity index (χ0n) is 22.4. The molecular formula is C29H35N7O2. The van der Waals surface area contributed by atoms with Crippen molar-refractivity contribution in [2.24, 2.45) is 7.05 Å². The van der Waals surface area contributed by atoms with Crippen molar-refractivity contribution in [2.45, 2.75) is 38.9 Å². The maximum Gasteiger partial charge on any atom is 0.320 e. The van der Waals surface area contributed by atoms with Crippen molar-refractivity contribution in [3.8, 4) is 0 Å². The molecular weight excluding hydrogens is 478 g/mol. The molecule has 9 nitrogen and oxygen atoms in total. The lowest BCUT2D eigenvalue weighted by molar-refractivity contribution is 0.0985. The minimum atomic E-state index is -0.0661. The summed E-state index contributed by atoms with van der Waals surface area (Å²) in [7, 11) is 3.75. The van der Waals surface area contributed by atoms with Crippen LogP contribution in [0.15, 0.2) is 48.7 Å². The zero-order chi connectivity index (χ0) is 26.4. The van der Waals surface area contributed by atoms with Crippen molar-refractivity contribution in [2.75, 3.05) is 43.4 Å². The Kier molecular flexibility index (Phi) is 6.31. The summed E-state index contributed by atoms with van der Waals surface area (Å²) in [6.45, 7) is 6.46. The van der Waals surface area contributed by atoms with Crippen molar-refractivity contribution in [3.63, 3.8) is 0 Å². The van der Waals surface area contributed by atoms with Gasteiger partial charge < -0.3 is 20.0 Å². The number of hydrogen-bond donors (Lipinski definition) is 1. The SMILES string of the molecule is Cc1cc(C(=O)N2Cc3cnn(C)c3Nc3ccccc32)ccc1CN(C)C(=O)N1CCN(C2CC2)CC1. The van der Waals surface area contributed by atoms with E-state index in [0.717, 1.165) is 66.1 Å². The van der Waals surface area contributed by atoms with Crippen LogP contribution in [-0.2, 0) is 20.1 Å². The number of aromatic nitrogens is 2. The van der Waals surface area contributed by atoms with Crippen LogP contribution in [0.2, 0.25) is 0 Å². The van der Waals surface area contributed by atoms with Crippen LogP contribution in [0.4, 0.5) is 22.0 Å². The van der Waals surface area contributed by atoms with Gasteiger partial charge in [0.2, 0.25) is 0 Å². The molecule has 0 spiro atoms. The molecule has 3 aromatic rings. The van der Waals surface area contributed by atoms with Gasteiger partial charge in [0.15, 0.2) is 0 Å². The first kappa shape index (κ1) is 24.5. The van der Waals surface area contributed by atoms with E-state index in [1.54, 1.807) is 14.5 Å². The van der Waals surface area contributed by atoms with E-state index in [2.05, 4.69) is 15.3 Å².